The molecule has 0 aliphatic rings. The normalized spacial score (nSPS) is 11.8. The summed E-state index contributed by atoms with van der Waals surface area (Å²) in [7, 11) is -2.58. The van der Waals surface area contributed by atoms with Gasteiger partial charge in [0, 0.05) is 42.3 Å². The Balaban J connectivity index is 1.65. The lowest BCUT2D eigenvalue weighted by atomic mass is 10.1. The van der Waals surface area contributed by atoms with Gasteiger partial charge >= 0.3 is 0 Å². The van der Waals surface area contributed by atoms with Crippen molar-refractivity contribution in [3.63, 3.8) is 0 Å². The number of benzene rings is 2. The zero-order valence-corrected chi connectivity index (χ0v) is 22.1. The van der Waals surface area contributed by atoms with Gasteiger partial charge < -0.3 is 9.88 Å². The van der Waals surface area contributed by atoms with E-state index in [9.17, 15) is 18.0 Å². The predicted molar refractivity (Wildman–Crippen MR) is 141 cm³/mol. The lowest BCUT2D eigenvalue weighted by Crippen LogP contribution is -2.36. The highest BCUT2D eigenvalue weighted by Crippen LogP contribution is 2.22. The fraction of sp³-hybridized carbons (Fsp3) is 0.269. The number of anilines is 1. The van der Waals surface area contributed by atoms with Crippen LogP contribution in [-0.4, -0.2) is 48.9 Å². The summed E-state index contributed by atoms with van der Waals surface area (Å²) < 4.78 is 28.6. The lowest BCUT2D eigenvalue weighted by molar-refractivity contribution is -0.121. The van der Waals surface area contributed by atoms with Gasteiger partial charge in [0.2, 0.25) is 15.9 Å². The van der Waals surface area contributed by atoms with Crippen LogP contribution in [0.2, 0.25) is 0 Å². The van der Waals surface area contributed by atoms with Crippen molar-refractivity contribution in [2.75, 3.05) is 18.9 Å². The number of carbonyl (C=O) groups is 2. The fourth-order valence-corrected chi connectivity index (χ4v) is 4.90. The van der Waals surface area contributed by atoms with Gasteiger partial charge in [0.1, 0.15) is 0 Å². The smallest absolute Gasteiger partial charge is 0.255 e. The van der Waals surface area contributed by atoms with Crippen molar-refractivity contribution in [2.45, 2.75) is 39.5 Å². The van der Waals surface area contributed by atoms with E-state index < -0.39 is 22.5 Å². The Bertz CT molecular complexity index is 1420. The third-order valence-electron chi connectivity index (χ3n) is 5.86. The standard InChI is InChI=1S/C26H31N5O4S/c1-17-7-10-24(13-18(17)2)31-19(3)14-22(20(31)4)15-27-29-26(33)16-30(6)36(34,35)25-11-8-23(9-12-25)28-21(5)32/h7-15H,16H2,1-6H3,(H,28,32)(H,29,33)/b27-15-. The number of aromatic nitrogens is 1. The van der Waals surface area contributed by atoms with Crippen LogP contribution in [0.5, 0.6) is 0 Å². The maximum absolute atomic E-state index is 12.8. The number of amides is 2. The van der Waals surface area contributed by atoms with Crippen molar-refractivity contribution in [1.29, 1.82) is 0 Å². The first-order valence-electron chi connectivity index (χ1n) is 11.3. The molecular weight excluding hydrogens is 478 g/mol. The van der Waals surface area contributed by atoms with E-state index in [1.807, 2.05) is 19.9 Å². The molecule has 0 fully saturated rings. The highest BCUT2D eigenvalue weighted by atomic mass is 32.2. The average molecular weight is 510 g/mol. The number of hydrogen-bond donors (Lipinski definition) is 2. The maximum Gasteiger partial charge on any atom is 0.255 e. The second kappa shape index (κ2) is 10.9. The minimum absolute atomic E-state index is 0.00851. The zero-order chi connectivity index (χ0) is 26.6. The molecule has 10 heteroatoms. The first-order valence-corrected chi connectivity index (χ1v) is 12.8. The molecule has 3 aromatic rings. The minimum atomic E-state index is -3.90. The highest BCUT2D eigenvalue weighted by Gasteiger charge is 2.23. The van der Waals surface area contributed by atoms with Gasteiger partial charge in [-0.25, -0.2) is 13.8 Å². The van der Waals surface area contributed by atoms with E-state index in [1.54, 1.807) is 6.21 Å². The summed E-state index contributed by atoms with van der Waals surface area (Å²) in [5.41, 5.74) is 9.18. The van der Waals surface area contributed by atoms with E-state index in [4.69, 9.17) is 0 Å². The van der Waals surface area contributed by atoms with Crippen LogP contribution in [0, 0.1) is 27.7 Å². The Morgan fingerprint density at radius 3 is 2.28 bits per heavy atom. The molecule has 0 saturated carbocycles. The Hall–Kier alpha value is -3.76. The van der Waals surface area contributed by atoms with Crippen LogP contribution in [0.15, 0.2) is 58.5 Å². The Labute approximate surface area is 211 Å². The van der Waals surface area contributed by atoms with Crippen molar-refractivity contribution >= 4 is 33.7 Å². The number of nitrogens with zero attached hydrogens (tertiary/aromatic N) is 3. The molecule has 0 spiro atoms. The summed E-state index contributed by atoms with van der Waals surface area (Å²) in [6.45, 7) is 9.07. The Kier molecular flexibility index (Phi) is 8.11. The molecule has 190 valence electrons. The van der Waals surface area contributed by atoms with Gasteiger partial charge in [0.25, 0.3) is 5.91 Å². The summed E-state index contributed by atoms with van der Waals surface area (Å²) in [4.78, 5) is 23.5. The van der Waals surface area contributed by atoms with Crippen LogP contribution in [0.1, 0.15) is 35.0 Å². The topological polar surface area (TPSA) is 113 Å². The monoisotopic (exact) mass is 509 g/mol. The molecule has 2 N–H and O–H groups in total. The summed E-state index contributed by atoms with van der Waals surface area (Å²) >= 11 is 0. The SMILES string of the molecule is CC(=O)Nc1ccc(S(=O)(=O)N(C)CC(=O)N/N=C\c2cc(C)n(-c3ccc(C)c(C)c3)c2C)cc1. The molecule has 0 bridgehead atoms. The molecule has 0 radical (unpaired) electrons. The van der Waals surface area contributed by atoms with Crippen molar-refractivity contribution in [3.05, 3.63) is 76.6 Å². The van der Waals surface area contributed by atoms with E-state index in [0.717, 1.165) is 26.9 Å². The van der Waals surface area contributed by atoms with Gasteiger partial charge in [-0.05, 0) is 81.3 Å². The van der Waals surface area contributed by atoms with Gasteiger partial charge in [0.05, 0.1) is 17.7 Å². The van der Waals surface area contributed by atoms with Crippen molar-refractivity contribution < 1.29 is 18.0 Å². The number of aryl methyl sites for hydroxylation is 3. The first-order chi connectivity index (χ1) is 16.9. The molecule has 2 amide bonds. The van der Waals surface area contributed by atoms with Crippen LogP contribution in [0.4, 0.5) is 5.69 Å². The van der Waals surface area contributed by atoms with Crippen LogP contribution >= 0.6 is 0 Å². The second-order valence-corrected chi connectivity index (χ2v) is 10.7. The quantitative estimate of drug-likeness (QED) is 0.358. The van der Waals surface area contributed by atoms with Gasteiger partial charge in [-0.15, -0.1) is 0 Å². The molecule has 0 atom stereocenters. The van der Waals surface area contributed by atoms with E-state index in [1.165, 1.54) is 49.4 Å². The summed E-state index contributed by atoms with van der Waals surface area (Å²) in [5, 5.41) is 6.60. The third-order valence-corrected chi connectivity index (χ3v) is 7.68. The largest absolute Gasteiger partial charge is 0.326 e. The number of nitrogens with one attached hydrogen (secondary N) is 2. The molecule has 9 nitrogen and oxygen atoms in total. The predicted octanol–water partition coefficient (Wildman–Crippen LogP) is 3.44. The molecule has 0 saturated heterocycles. The van der Waals surface area contributed by atoms with Crippen LogP contribution in [0.25, 0.3) is 5.69 Å². The number of hydrazone groups is 1. The summed E-state index contributed by atoms with van der Waals surface area (Å²) in [5.74, 6) is -0.831. The van der Waals surface area contributed by atoms with Crippen LogP contribution in [-0.2, 0) is 19.6 Å². The summed E-state index contributed by atoms with van der Waals surface area (Å²) in [6.07, 6.45) is 1.55. The van der Waals surface area contributed by atoms with Crippen LogP contribution < -0.4 is 10.7 Å². The Morgan fingerprint density at radius 2 is 1.67 bits per heavy atom. The average Bonchev–Trinajstić information content (AvgIpc) is 3.08. The van der Waals surface area contributed by atoms with Gasteiger partial charge in [-0.3, -0.25) is 9.59 Å². The number of likely N-dealkylation sites (N-methyl/N-ethyl adjacent to an activating group) is 1. The number of sulfonamides is 1. The maximum atomic E-state index is 12.8. The number of hydrogen-bond acceptors (Lipinski definition) is 5. The molecule has 0 unspecified atom stereocenters. The minimum Gasteiger partial charge on any atom is -0.326 e. The lowest BCUT2D eigenvalue weighted by Gasteiger charge is -2.16. The van der Waals surface area contributed by atoms with E-state index in [-0.39, 0.29) is 10.8 Å². The molecule has 36 heavy (non-hydrogen) atoms. The first kappa shape index (κ1) is 26.8. The van der Waals surface area contributed by atoms with Crippen LogP contribution in [0.3, 0.4) is 0 Å². The number of carbonyl (C=O) groups excluding carboxylic acids is 2. The highest BCUT2D eigenvalue weighted by molar-refractivity contribution is 7.89. The van der Waals surface area contributed by atoms with E-state index in [2.05, 4.69) is 52.5 Å². The van der Waals surface area contributed by atoms with Crippen molar-refractivity contribution in [3.8, 4) is 5.69 Å². The Morgan fingerprint density at radius 1 is 1.00 bits per heavy atom. The third kappa shape index (κ3) is 6.07. The number of rotatable bonds is 8. The molecule has 0 aliphatic carbocycles. The van der Waals surface area contributed by atoms with E-state index >= 15 is 0 Å². The molecule has 1 heterocycles. The molecule has 2 aromatic carbocycles. The molecule has 0 aliphatic heterocycles. The molecular formula is C26H31N5O4S. The zero-order valence-electron chi connectivity index (χ0n) is 21.3. The fourth-order valence-electron chi connectivity index (χ4n) is 3.77. The van der Waals surface area contributed by atoms with Gasteiger partial charge in [-0.2, -0.15) is 9.41 Å². The van der Waals surface area contributed by atoms with Gasteiger partial charge in [-0.1, -0.05) is 6.07 Å². The van der Waals surface area contributed by atoms with E-state index in [0.29, 0.717) is 5.69 Å². The molecule has 1 aromatic heterocycles. The van der Waals surface area contributed by atoms with Crippen molar-refractivity contribution in [2.24, 2.45) is 5.10 Å². The van der Waals surface area contributed by atoms with Gasteiger partial charge in [0.15, 0.2) is 0 Å². The van der Waals surface area contributed by atoms with Crippen molar-refractivity contribution in [1.82, 2.24) is 14.3 Å². The molecule has 3 rings (SSSR count). The second-order valence-electron chi connectivity index (χ2n) is 8.69. The summed E-state index contributed by atoms with van der Waals surface area (Å²) in [6, 6.07) is 14.0.